The fraction of sp³-hybridized carbons (Fsp3) is 0.625. The molecule has 1 heterocycles. The van der Waals surface area contributed by atoms with E-state index >= 15 is 0 Å². The normalized spacial score (nSPS) is 24.4. The number of carbonyl (C=O) groups is 1. The number of rotatable bonds is 14. The first-order chi connectivity index (χ1) is 20.5. The van der Waals surface area contributed by atoms with Gasteiger partial charge in [-0.2, -0.15) is 0 Å². The molecule has 1 aromatic carbocycles. The largest absolute Gasteiger partial charge is 0.474 e. The van der Waals surface area contributed by atoms with Gasteiger partial charge in [0.2, 0.25) is 5.76 Å². The summed E-state index contributed by atoms with van der Waals surface area (Å²) >= 11 is 4.08. The molecule has 0 saturated heterocycles. The van der Waals surface area contributed by atoms with Crippen molar-refractivity contribution in [3.8, 4) is 5.88 Å². The van der Waals surface area contributed by atoms with Gasteiger partial charge in [-0.3, -0.25) is 4.79 Å². The molecule has 1 aromatic heterocycles. The molecule has 0 aliphatic heterocycles. The van der Waals surface area contributed by atoms with E-state index in [0.29, 0.717) is 50.6 Å². The maximum absolute atomic E-state index is 10.3. The SMILES string of the molecule is CC.CNC1CC2CC3CC(C)C=CC321.O=Cc1cc(OCCNCNCCCOCCO)no1.Sc1ccccc1. The molecule has 3 aliphatic carbocycles. The minimum Gasteiger partial charge on any atom is -0.474 e. The average Bonchev–Trinajstić information content (AvgIpc) is 3.48. The van der Waals surface area contributed by atoms with Crippen LogP contribution < -0.4 is 20.7 Å². The Balaban J connectivity index is 0.000000237. The van der Waals surface area contributed by atoms with Crippen molar-refractivity contribution < 1.29 is 23.9 Å². The quantitative estimate of drug-likeness (QED) is 0.0693. The van der Waals surface area contributed by atoms with Gasteiger partial charge in [0.15, 0.2) is 6.29 Å². The van der Waals surface area contributed by atoms with Crippen molar-refractivity contribution >= 4 is 18.9 Å². The zero-order valence-electron chi connectivity index (χ0n) is 25.8. The van der Waals surface area contributed by atoms with Crippen LogP contribution >= 0.6 is 12.6 Å². The highest BCUT2D eigenvalue weighted by Gasteiger charge is 2.65. The van der Waals surface area contributed by atoms with Gasteiger partial charge in [0.1, 0.15) is 6.61 Å². The molecule has 0 amide bonds. The molecule has 2 fully saturated rings. The second-order valence-electron chi connectivity index (χ2n) is 10.5. The van der Waals surface area contributed by atoms with Gasteiger partial charge in [-0.05, 0) is 74.3 Å². The van der Waals surface area contributed by atoms with Gasteiger partial charge in [0.05, 0.1) is 19.3 Å². The molecule has 0 bridgehead atoms. The van der Waals surface area contributed by atoms with Crippen LogP contribution in [0.2, 0.25) is 0 Å². The molecule has 5 atom stereocenters. The average molecular weight is 605 g/mol. The summed E-state index contributed by atoms with van der Waals surface area (Å²) in [4.78, 5) is 11.4. The molecule has 236 valence electrons. The lowest BCUT2D eigenvalue weighted by atomic mass is 9.37. The molecule has 1 spiro atoms. The number of carbonyl (C=O) groups excluding carboxylic acids is 1. The summed E-state index contributed by atoms with van der Waals surface area (Å²) < 4.78 is 15.0. The number of ether oxygens (including phenoxy) is 2. The number of thiol groups is 1. The summed E-state index contributed by atoms with van der Waals surface area (Å²) in [6, 6.07) is 12.0. The minimum atomic E-state index is 0.0643. The molecule has 2 saturated carbocycles. The van der Waals surface area contributed by atoms with Gasteiger partial charge in [-0.1, -0.05) is 51.1 Å². The van der Waals surface area contributed by atoms with Crippen LogP contribution in [0.5, 0.6) is 5.88 Å². The first-order valence-electron chi connectivity index (χ1n) is 15.3. The van der Waals surface area contributed by atoms with Crippen LogP contribution in [0, 0.1) is 23.2 Å². The lowest BCUT2D eigenvalue weighted by Crippen LogP contribution is -2.69. The van der Waals surface area contributed by atoms with E-state index in [1.807, 2.05) is 44.2 Å². The number of aldehydes is 1. The molecule has 10 heteroatoms. The molecular formula is C32H52N4O5S. The Bertz CT molecular complexity index is 1010. The molecular weight excluding hydrogens is 552 g/mol. The van der Waals surface area contributed by atoms with Crippen LogP contribution in [-0.2, 0) is 4.74 Å². The highest BCUT2D eigenvalue weighted by molar-refractivity contribution is 7.80. The number of nitrogens with one attached hydrogen (secondary N) is 3. The predicted octanol–water partition coefficient (Wildman–Crippen LogP) is 4.60. The lowest BCUT2D eigenvalue weighted by molar-refractivity contribution is -0.142. The number of hydrogen-bond donors (Lipinski definition) is 5. The van der Waals surface area contributed by atoms with Crippen molar-refractivity contribution in [1.29, 1.82) is 0 Å². The van der Waals surface area contributed by atoms with Gasteiger partial charge in [0, 0.05) is 36.2 Å². The Morgan fingerprint density at radius 3 is 2.43 bits per heavy atom. The first-order valence-corrected chi connectivity index (χ1v) is 15.7. The number of hydrogen-bond acceptors (Lipinski definition) is 10. The second-order valence-corrected chi connectivity index (χ2v) is 11.0. The number of nitrogens with zero attached hydrogens (tertiary/aromatic N) is 1. The molecule has 5 unspecified atom stereocenters. The van der Waals surface area contributed by atoms with Crippen molar-refractivity contribution in [3.05, 3.63) is 54.3 Å². The van der Waals surface area contributed by atoms with E-state index in [2.05, 4.69) is 64.4 Å². The number of aliphatic hydroxyl groups is 1. The fourth-order valence-electron chi connectivity index (χ4n) is 5.82. The van der Waals surface area contributed by atoms with Crippen molar-refractivity contribution in [2.45, 2.75) is 57.4 Å². The second kappa shape index (κ2) is 20.7. The maximum Gasteiger partial charge on any atom is 0.254 e. The third-order valence-electron chi connectivity index (χ3n) is 7.86. The van der Waals surface area contributed by atoms with Crippen LogP contribution in [0.15, 0.2) is 58.0 Å². The predicted molar refractivity (Wildman–Crippen MR) is 170 cm³/mol. The summed E-state index contributed by atoms with van der Waals surface area (Å²) in [5, 5.41) is 21.9. The van der Waals surface area contributed by atoms with Crippen LogP contribution in [0.25, 0.3) is 0 Å². The smallest absolute Gasteiger partial charge is 0.254 e. The summed E-state index contributed by atoms with van der Waals surface area (Å²) in [5.41, 5.74) is 0.612. The molecule has 5 rings (SSSR count). The molecule has 0 radical (unpaired) electrons. The number of aliphatic hydroxyl groups excluding tert-OH is 1. The Morgan fingerprint density at radius 2 is 1.83 bits per heavy atom. The van der Waals surface area contributed by atoms with Crippen molar-refractivity contribution in [1.82, 2.24) is 21.1 Å². The number of aromatic nitrogens is 1. The monoisotopic (exact) mass is 604 g/mol. The van der Waals surface area contributed by atoms with E-state index < -0.39 is 0 Å². The topological polar surface area (TPSA) is 118 Å². The van der Waals surface area contributed by atoms with Crippen molar-refractivity contribution in [2.75, 3.05) is 53.2 Å². The third kappa shape index (κ3) is 11.1. The lowest BCUT2D eigenvalue weighted by Gasteiger charge is -2.69. The first kappa shape index (κ1) is 36.0. The minimum absolute atomic E-state index is 0.0643. The fourth-order valence-corrected chi connectivity index (χ4v) is 5.99. The van der Waals surface area contributed by atoms with Crippen LogP contribution in [0.4, 0.5) is 0 Å². The van der Waals surface area contributed by atoms with Gasteiger partial charge in [-0.25, -0.2) is 0 Å². The zero-order chi connectivity index (χ0) is 30.6. The van der Waals surface area contributed by atoms with Crippen LogP contribution in [0.1, 0.15) is 57.0 Å². The Labute approximate surface area is 257 Å². The Kier molecular flexibility index (Phi) is 17.7. The van der Waals surface area contributed by atoms with E-state index in [0.717, 1.165) is 41.7 Å². The van der Waals surface area contributed by atoms with Gasteiger partial charge < -0.3 is 35.1 Å². The van der Waals surface area contributed by atoms with Crippen molar-refractivity contribution in [3.63, 3.8) is 0 Å². The molecule has 3 aliphatic rings. The Hall–Kier alpha value is -2.21. The molecule has 9 nitrogen and oxygen atoms in total. The van der Waals surface area contributed by atoms with Crippen molar-refractivity contribution in [2.24, 2.45) is 23.2 Å². The maximum atomic E-state index is 10.3. The highest BCUT2D eigenvalue weighted by atomic mass is 32.1. The van der Waals surface area contributed by atoms with Crippen LogP contribution in [-0.4, -0.2) is 75.8 Å². The van der Waals surface area contributed by atoms with E-state index in [9.17, 15) is 4.79 Å². The van der Waals surface area contributed by atoms with E-state index in [1.165, 1.54) is 25.3 Å². The van der Waals surface area contributed by atoms with Gasteiger partial charge in [-0.15, -0.1) is 12.6 Å². The number of allylic oxidation sites excluding steroid dienone is 1. The van der Waals surface area contributed by atoms with Gasteiger partial charge >= 0.3 is 0 Å². The molecule has 2 aromatic rings. The van der Waals surface area contributed by atoms with Gasteiger partial charge in [0.25, 0.3) is 5.88 Å². The van der Waals surface area contributed by atoms with E-state index in [4.69, 9.17) is 14.6 Å². The Morgan fingerprint density at radius 1 is 1.10 bits per heavy atom. The van der Waals surface area contributed by atoms with Crippen LogP contribution in [0.3, 0.4) is 0 Å². The summed E-state index contributed by atoms with van der Waals surface area (Å²) in [5.74, 6) is 3.32. The molecule has 42 heavy (non-hydrogen) atoms. The summed E-state index contributed by atoms with van der Waals surface area (Å²) in [6.45, 7) is 10.0. The third-order valence-corrected chi connectivity index (χ3v) is 8.16. The number of benzene rings is 1. The zero-order valence-corrected chi connectivity index (χ0v) is 26.7. The van der Waals surface area contributed by atoms with E-state index in [-0.39, 0.29) is 12.4 Å². The highest BCUT2D eigenvalue weighted by Crippen LogP contribution is 2.68. The summed E-state index contributed by atoms with van der Waals surface area (Å²) in [6.07, 6.45) is 10.8. The molecule has 4 N–H and O–H groups in total. The standard InChI is InChI=1S/C12H21N3O5.C12H19N.C6H6S.C2H6/c16-4-7-18-5-1-2-13-10-14-3-6-19-12-8-11(9-17)20-15-12;1-8-3-4-12-9(5-8)6-10(12)7-11(12)13-2;7-6-4-2-1-3-5-6;1-2/h8-9,13-14,16H,1-7,10H2;3-4,8-11,13H,5-7H2,1-2H3;1-5,7H;1-2H3. The summed E-state index contributed by atoms with van der Waals surface area (Å²) in [7, 11) is 2.12. The van der Waals surface area contributed by atoms with E-state index in [1.54, 1.807) is 0 Å².